The van der Waals surface area contributed by atoms with Gasteiger partial charge < -0.3 is 4.74 Å². The first-order valence-corrected chi connectivity index (χ1v) is 6.06. The van der Waals surface area contributed by atoms with Crippen LogP contribution in [0.1, 0.15) is 5.82 Å². The number of nitrogens with zero attached hydrogens (tertiary/aromatic N) is 5. The summed E-state index contributed by atoms with van der Waals surface area (Å²) < 4.78 is 7.12. The quantitative estimate of drug-likeness (QED) is 0.837. The zero-order valence-electron chi connectivity index (χ0n) is 10.5. The van der Waals surface area contributed by atoms with Crippen molar-refractivity contribution in [1.82, 2.24) is 25.1 Å². The van der Waals surface area contributed by atoms with Crippen molar-refractivity contribution < 1.29 is 4.74 Å². The van der Waals surface area contributed by atoms with Crippen LogP contribution in [0.4, 0.5) is 0 Å². The summed E-state index contributed by atoms with van der Waals surface area (Å²) in [4.78, 5) is 2.30. The lowest BCUT2D eigenvalue weighted by Crippen LogP contribution is -2.36. The Balaban J connectivity index is 0.00000133. The molecule has 0 radical (unpaired) electrons. The molecule has 0 bridgehead atoms. The molecule has 1 fully saturated rings. The van der Waals surface area contributed by atoms with Gasteiger partial charge in [-0.25, -0.2) is 0 Å². The second kappa shape index (κ2) is 6.60. The number of aromatic nitrogens is 4. The minimum Gasteiger partial charge on any atom is -0.379 e. The van der Waals surface area contributed by atoms with Crippen molar-refractivity contribution >= 4 is 12.4 Å². The van der Waals surface area contributed by atoms with Crippen LogP contribution in [0.2, 0.25) is 0 Å². The third-order valence-corrected chi connectivity index (χ3v) is 3.00. The van der Waals surface area contributed by atoms with E-state index in [2.05, 4.69) is 20.4 Å². The van der Waals surface area contributed by atoms with E-state index in [1.165, 1.54) is 0 Å². The third kappa shape index (κ3) is 3.28. The standard InChI is InChI=1S/C12H15N5O.ClH/c1-2-4-11(5-3-1)17-12(13-14-15-17)10-16-6-8-18-9-7-16;/h1-5H,6-10H2;1H. The molecule has 2 aromatic rings. The molecule has 0 atom stereocenters. The minimum absolute atomic E-state index is 0. The van der Waals surface area contributed by atoms with E-state index in [1.807, 2.05) is 30.3 Å². The normalized spacial score (nSPS) is 16.0. The molecule has 3 rings (SSSR count). The fourth-order valence-corrected chi connectivity index (χ4v) is 2.03. The lowest BCUT2D eigenvalue weighted by Gasteiger charge is -2.25. The Hall–Kier alpha value is -1.50. The number of tetrazole rings is 1. The van der Waals surface area contributed by atoms with E-state index < -0.39 is 0 Å². The third-order valence-electron chi connectivity index (χ3n) is 3.00. The molecule has 1 aliphatic heterocycles. The van der Waals surface area contributed by atoms with Gasteiger partial charge in [-0.1, -0.05) is 18.2 Å². The molecule has 2 heterocycles. The summed E-state index contributed by atoms with van der Waals surface area (Å²) in [6.07, 6.45) is 0. The van der Waals surface area contributed by atoms with Crippen LogP contribution < -0.4 is 0 Å². The van der Waals surface area contributed by atoms with Crippen LogP contribution in [-0.2, 0) is 11.3 Å². The largest absolute Gasteiger partial charge is 0.379 e. The summed E-state index contributed by atoms with van der Waals surface area (Å²) in [5.74, 6) is 0.864. The molecule has 19 heavy (non-hydrogen) atoms. The molecule has 0 aliphatic carbocycles. The fraction of sp³-hybridized carbons (Fsp3) is 0.417. The maximum Gasteiger partial charge on any atom is 0.170 e. The molecule has 1 aromatic heterocycles. The van der Waals surface area contributed by atoms with Crippen LogP contribution in [-0.4, -0.2) is 51.4 Å². The number of ether oxygens (including phenoxy) is 1. The summed E-state index contributed by atoms with van der Waals surface area (Å²) in [5, 5.41) is 11.9. The highest BCUT2D eigenvalue weighted by molar-refractivity contribution is 5.85. The zero-order valence-corrected chi connectivity index (χ0v) is 11.3. The molecule has 7 heteroatoms. The average Bonchev–Trinajstić information content (AvgIpc) is 2.89. The smallest absolute Gasteiger partial charge is 0.170 e. The van der Waals surface area contributed by atoms with Crippen molar-refractivity contribution in [3.8, 4) is 5.69 Å². The summed E-state index contributed by atoms with van der Waals surface area (Å²) in [5.41, 5.74) is 0.991. The number of hydrogen-bond acceptors (Lipinski definition) is 5. The van der Waals surface area contributed by atoms with E-state index in [0.717, 1.165) is 44.4 Å². The molecule has 1 aromatic carbocycles. The first kappa shape index (κ1) is 13.9. The Morgan fingerprint density at radius 3 is 2.58 bits per heavy atom. The van der Waals surface area contributed by atoms with E-state index in [9.17, 15) is 0 Å². The Labute approximate surface area is 117 Å². The molecule has 0 amide bonds. The lowest BCUT2D eigenvalue weighted by molar-refractivity contribution is 0.0327. The van der Waals surface area contributed by atoms with Crippen molar-refractivity contribution in [1.29, 1.82) is 0 Å². The van der Waals surface area contributed by atoms with E-state index in [1.54, 1.807) is 4.68 Å². The molecule has 1 aliphatic rings. The van der Waals surface area contributed by atoms with E-state index in [4.69, 9.17) is 4.74 Å². The average molecular weight is 282 g/mol. The van der Waals surface area contributed by atoms with E-state index >= 15 is 0 Å². The van der Waals surface area contributed by atoms with Gasteiger partial charge >= 0.3 is 0 Å². The van der Waals surface area contributed by atoms with Gasteiger partial charge in [-0.15, -0.1) is 17.5 Å². The predicted octanol–water partition coefficient (Wildman–Crippen LogP) is 0.916. The highest BCUT2D eigenvalue weighted by Gasteiger charge is 2.15. The van der Waals surface area contributed by atoms with Gasteiger partial charge in [0.15, 0.2) is 5.82 Å². The number of morpholine rings is 1. The number of halogens is 1. The van der Waals surface area contributed by atoms with Gasteiger partial charge in [-0.05, 0) is 22.6 Å². The maximum atomic E-state index is 5.33. The SMILES string of the molecule is Cl.c1ccc(-n2nnnc2CN2CCOCC2)cc1. The van der Waals surface area contributed by atoms with Crippen molar-refractivity contribution in [3.05, 3.63) is 36.2 Å². The van der Waals surface area contributed by atoms with Gasteiger partial charge in [-0.3, -0.25) is 4.90 Å². The van der Waals surface area contributed by atoms with Crippen LogP contribution in [0.5, 0.6) is 0 Å². The van der Waals surface area contributed by atoms with Gasteiger partial charge in [0.05, 0.1) is 25.4 Å². The van der Waals surface area contributed by atoms with Crippen LogP contribution >= 0.6 is 12.4 Å². The molecule has 0 spiro atoms. The molecule has 102 valence electrons. The number of rotatable bonds is 3. The monoisotopic (exact) mass is 281 g/mol. The molecule has 0 saturated carbocycles. The molecule has 0 unspecified atom stereocenters. The van der Waals surface area contributed by atoms with Gasteiger partial charge in [0.1, 0.15) is 0 Å². The van der Waals surface area contributed by atoms with Crippen molar-refractivity contribution in [2.24, 2.45) is 0 Å². The minimum atomic E-state index is 0. The molecule has 6 nitrogen and oxygen atoms in total. The van der Waals surface area contributed by atoms with Crippen LogP contribution in [0.25, 0.3) is 5.69 Å². The van der Waals surface area contributed by atoms with Crippen LogP contribution in [0, 0.1) is 0 Å². The maximum absolute atomic E-state index is 5.33. The second-order valence-electron chi connectivity index (χ2n) is 4.23. The Morgan fingerprint density at radius 1 is 1.11 bits per heavy atom. The Bertz CT molecular complexity index is 498. The van der Waals surface area contributed by atoms with Crippen molar-refractivity contribution in [3.63, 3.8) is 0 Å². The van der Waals surface area contributed by atoms with E-state index in [0.29, 0.717) is 0 Å². The summed E-state index contributed by atoms with van der Waals surface area (Å²) in [6, 6.07) is 9.94. The van der Waals surface area contributed by atoms with Gasteiger partial charge in [0.25, 0.3) is 0 Å². The molecule has 0 N–H and O–H groups in total. The first-order chi connectivity index (χ1) is 8.93. The number of para-hydroxylation sites is 1. The van der Waals surface area contributed by atoms with Crippen molar-refractivity contribution in [2.45, 2.75) is 6.54 Å². The summed E-state index contributed by atoms with van der Waals surface area (Å²) in [7, 11) is 0. The number of hydrogen-bond donors (Lipinski definition) is 0. The van der Waals surface area contributed by atoms with Gasteiger partial charge in [0.2, 0.25) is 0 Å². The molecular formula is C12H16ClN5O. The van der Waals surface area contributed by atoms with Crippen molar-refractivity contribution in [2.75, 3.05) is 26.3 Å². The van der Waals surface area contributed by atoms with Crippen LogP contribution in [0.3, 0.4) is 0 Å². The highest BCUT2D eigenvalue weighted by atomic mass is 35.5. The zero-order chi connectivity index (χ0) is 12.2. The van der Waals surface area contributed by atoms with E-state index in [-0.39, 0.29) is 12.4 Å². The summed E-state index contributed by atoms with van der Waals surface area (Å²) in [6.45, 7) is 4.19. The van der Waals surface area contributed by atoms with Crippen LogP contribution in [0.15, 0.2) is 30.3 Å². The molecular weight excluding hydrogens is 266 g/mol. The second-order valence-corrected chi connectivity index (χ2v) is 4.23. The predicted molar refractivity (Wildman–Crippen MR) is 72.5 cm³/mol. The highest BCUT2D eigenvalue weighted by Crippen LogP contribution is 2.09. The topological polar surface area (TPSA) is 56.1 Å². The first-order valence-electron chi connectivity index (χ1n) is 6.06. The fourth-order valence-electron chi connectivity index (χ4n) is 2.03. The Morgan fingerprint density at radius 2 is 1.84 bits per heavy atom. The summed E-state index contributed by atoms with van der Waals surface area (Å²) >= 11 is 0. The number of benzene rings is 1. The molecule has 1 saturated heterocycles. The lowest BCUT2D eigenvalue weighted by atomic mass is 10.3. The van der Waals surface area contributed by atoms with Gasteiger partial charge in [-0.2, -0.15) is 4.68 Å². The Kier molecular flexibility index (Phi) is 4.84. The van der Waals surface area contributed by atoms with Gasteiger partial charge in [0, 0.05) is 13.1 Å².